The summed E-state index contributed by atoms with van der Waals surface area (Å²) in [5.74, 6) is 1.20. The summed E-state index contributed by atoms with van der Waals surface area (Å²) in [4.78, 5) is 0. The first-order chi connectivity index (χ1) is 39.6. The van der Waals surface area contributed by atoms with Gasteiger partial charge >= 0.3 is 0 Å². The standard InChI is InChI=1S/C68H70O12/c1-69-57-37-39-58(40-38-57)77-67-66(76-47-56-35-21-8-22-36-56)64(62(73-44-53-29-15-5-16-30-53)60(78-67)49-71-42-51-25-11-3-12-26-51)80-68-65(75-46-55-33-19-7-20-34-55)63(74-45-54-31-17-6-18-32-54)61(72-43-52-27-13-4-14-28-52)59(79-68)48-70-41-50-23-9-2-10-24-50/h2-40,59-68H,41-49H2,1H3/t59-,60-,61-,62-,63+,64+,65-,66-,67+,68+/m1/s1. The van der Waals surface area contributed by atoms with Crippen LogP contribution in [0.5, 0.6) is 11.5 Å². The maximum absolute atomic E-state index is 7.70. The van der Waals surface area contributed by atoms with Crippen LogP contribution in [-0.4, -0.2) is 81.7 Å². The van der Waals surface area contributed by atoms with Crippen LogP contribution in [-0.2, 0) is 93.6 Å². The molecule has 0 bridgehead atoms. The molecule has 414 valence electrons. The summed E-state index contributed by atoms with van der Waals surface area (Å²) in [6.07, 6.45) is -8.90. The molecule has 2 fully saturated rings. The summed E-state index contributed by atoms with van der Waals surface area (Å²) in [6.45, 7) is 2.01. The lowest BCUT2D eigenvalue weighted by Gasteiger charge is -2.50. The van der Waals surface area contributed by atoms with Gasteiger partial charge in [0.05, 0.1) is 66.6 Å². The van der Waals surface area contributed by atoms with Crippen molar-refractivity contribution < 1.29 is 56.8 Å². The van der Waals surface area contributed by atoms with Crippen molar-refractivity contribution in [1.29, 1.82) is 0 Å². The quantitative estimate of drug-likeness (QED) is 0.0466. The maximum atomic E-state index is 7.70. The lowest BCUT2D eigenvalue weighted by molar-refractivity contribution is -0.373. The third-order valence-electron chi connectivity index (χ3n) is 14.0. The third-order valence-corrected chi connectivity index (χ3v) is 14.0. The van der Waals surface area contributed by atoms with Crippen LogP contribution in [0.3, 0.4) is 0 Å². The van der Waals surface area contributed by atoms with E-state index in [9.17, 15) is 0 Å². The number of rotatable bonds is 28. The van der Waals surface area contributed by atoms with Crippen LogP contribution in [0, 0.1) is 0 Å². The second-order valence-corrected chi connectivity index (χ2v) is 19.8. The first-order valence-corrected chi connectivity index (χ1v) is 27.4. The maximum Gasteiger partial charge on any atom is 0.229 e. The van der Waals surface area contributed by atoms with Crippen LogP contribution in [0.25, 0.3) is 0 Å². The van der Waals surface area contributed by atoms with Crippen LogP contribution >= 0.6 is 0 Å². The molecule has 0 saturated carbocycles. The first-order valence-electron chi connectivity index (χ1n) is 27.4. The van der Waals surface area contributed by atoms with E-state index in [1.54, 1.807) is 7.11 Å². The first kappa shape index (κ1) is 56.2. The Morgan fingerprint density at radius 3 is 0.938 bits per heavy atom. The van der Waals surface area contributed by atoms with Gasteiger partial charge in [0.15, 0.2) is 6.29 Å². The fraction of sp³-hybridized carbons (Fsp3) is 0.294. The summed E-state index contributed by atoms with van der Waals surface area (Å²) in [5.41, 5.74) is 6.82. The highest BCUT2D eigenvalue weighted by atomic mass is 16.8. The van der Waals surface area contributed by atoms with Crippen molar-refractivity contribution in [1.82, 2.24) is 0 Å². The number of hydrogen-bond acceptors (Lipinski definition) is 12. The normalized spacial score (nSPS) is 22.8. The Balaban J connectivity index is 1.08. The molecule has 8 aromatic rings. The van der Waals surface area contributed by atoms with Crippen molar-refractivity contribution >= 4 is 0 Å². The molecule has 80 heavy (non-hydrogen) atoms. The van der Waals surface area contributed by atoms with E-state index in [0.717, 1.165) is 38.9 Å². The largest absolute Gasteiger partial charge is 0.497 e. The van der Waals surface area contributed by atoms with E-state index in [4.69, 9.17) is 56.8 Å². The molecule has 0 aromatic heterocycles. The van der Waals surface area contributed by atoms with Crippen molar-refractivity contribution in [3.8, 4) is 11.5 Å². The SMILES string of the molecule is COc1ccc(O[C@H]2O[C@H](COCc3ccccc3)[C@@H](OCc3ccccc3)[C@H](O[C@@H]3O[C@H](COCc4ccccc4)[C@@H](OCc4ccccc4)[C@H](OCc4ccccc4)[C@H]3OCc3ccccc3)[C@H]2OCc2ccccc2)cc1. The molecule has 2 heterocycles. The second kappa shape index (κ2) is 30.0. The van der Waals surface area contributed by atoms with Gasteiger partial charge in [-0.2, -0.15) is 0 Å². The molecule has 2 aliphatic rings. The van der Waals surface area contributed by atoms with Gasteiger partial charge < -0.3 is 56.8 Å². The number of methoxy groups -OCH3 is 1. The van der Waals surface area contributed by atoms with Crippen LogP contribution in [0.2, 0.25) is 0 Å². The van der Waals surface area contributed by atoms with Crippen LogP contribution in [0.1, 0.15) is 38.9 Å². The number of hydrogen-bond donors (Lipinski definition) is 0. The summed E-state index contributed by atoms with van der Waals surface area (Å²) in [6, 6.07) is 77.7. The van der Waals surface area contributed by atoms with Crippen molar-refractivity contribution in [3.63, 3.8) is 0 Å². The minimum absolute atomic E-state index is 0.107. The van der Waals surface area contributed by atoms with Gasteiger partial charge in [0, 0.05) is 0 Å². The van der Waals surface area contributed by atoms with Gasteiger partial charge in [0.25, 0.3) is 0 Å². The average molecular weight is 1080 g/mol. The van der Waals surface area contributed by atoms with Gasteiger partial charge in [-0.1, -0.05) is 212 Å². The molecular weight excluding hydrogens is 1010 g/mol. The Labute approximate surface area is 469 Å². The molecule has 0 spiro atoms. The van der Waals surface area contributed by atoms with E-state index >= 15 is 0 Å². The molecular formula is C68H70O12. The van der Waals surface area contributed by atoms with Crippen molar-refractivity contribution in [2.45, 2.75) is 108 Å². The van der Waals surface area contributed by atoms with E-state index in [0.29, 0.717) is 24.7 Å². The highest BCUT2D eigenvalue weighted by Gasteiger charge is 2.55. The molecule has 0 N–H and O–H groups in total. The predicted molar refractivity (Wildman–Crippen MR) is 303 cm³/mol. The minimum atomic E-state index is -1.15. The number of ether oxygens (including phenoxy) is 12. The molecule has 2 saturated heterocycles. The van der Waals surface area contributed by atoms with Crippen molar-refractivity contribution in [3.05, 3.63) is 276 Å². The molecule has 12 nitrogen and oxygen atoms in total. The predicted octanol–water partition coefficient (Wildman–Crippen LogP) is 12.3. The van der Waals surface area contributed by atoms with Gasteiger partial charge in [-0.3, -0.25) is 0 Å². The summed E-state index contributed by atoms with van der Waals surface area (Å²) in [5, 5.41) is 0. The molecule has 12 heteroatoms. The lowest BCUT2D eigenvalue weighted by Crippen LogP contribution is -2.67. The van der Waals surface area contributed by atoms with Crippen molar-refractivity contribution in [2.75, 3.05) is 20.3 Å². The van der Waals surface area contributed by atoms with E-state index in [-0.39, 0.29) is 46.2 Å². The van der Waals surface area contributed by atoms with Gasteiger partial charge in [-0.15, -0.1) is 0 Å². The van der Waals surface area contributed by atoms with Crippen LogP contribution < -0.4 is 9.47 Å². The molecule has 0 radical (unpaired) electrons. The van der Waals surface area contributed by atoms with Crippen LogP contribution in [0.15, 0.2) is 237 Å². The molecule has 8 aromatic carbocycles. The monoisotopic (exact) mass is 1080 g/mol. The summed E-state index contributed by atoms with van der Waals surface area (Å²) in [7, 11) is 1.63. The average Bonchev–Trinajstić information content (AvgIpc) is 3.52. The van der Waals surface area contributed by atoms with Gasteiger partial charge in [-0.05, 0) is 63.2 Å². The molecule has 0 amide bonds. The Morgan fingerprint density at radius 2 is 0.575 bits per heavy atom. The minimum Gasteiger partial charge on any atom is -0.497 e. The third kappa shape index (κ3) is 16.3. The lowest BCUT2D eigenvalue weighted by atomic mass is 9.95. The smallest absolute Gasteiger partial charge is 0.229 e. The van der Waals surface area contributed by atoms with E-state index in [1.165, 1.54) is 0 Å². The molecule has 0 aliphatic carbocycles. The topological polar surface area (TPSA) is 111 Å². The molecule has 2 aliphatic heterocycles. The molecule has 0 unspecified atom stereocenters. The van der Waals surface area contributed by atoms with E-state index in [2.05, 4.69) is 0 Å². The Morgan fingerprint density at radius 1 is 0.287 bits per heavy atom. The zero-order valence-corrected chi connectivity index (χ0v) is 45.1. The molecule has 10 rings (SSSR count). The summed E-state index contributed by atoms with van der Waals surface area (Å²) >= 11 is 0. The van der Waals surface area contributed by atoms with Gasteiger partial charge in [0.1, 0.15) is 60.3 Å². The van der Waals surface area contributed by atoms with Gasteiger partial charge in [0.2, 0.25) is 6.29 Å². The zero-order chi connectivity index (χ0) is 54.4. The Kier molecular flexibility index (Phi) is 21.1. The van der Waals surface area contributed by atoms with Crippen LogP contribution in [0.4, 0.5) is 0 Å². The van der Waals surface area contributed by atoms with E-state index in [1.807, 2.05) is 237 Å². The van der Waals surface area contributed by atoms with E-state index < -0.39 is 61.4 Å². The fourth-order valence-electron chi connectivity index (χ4n) is 9.84. The summed E-state index contributed by atoms with van der Waals surface area (Å²) < 4.78 is 83.4. The Hall–Kier alpha value is -7.04. The fourth-order valence-corrected chi connectivity index (χ4v) is 9.84. The second-order valence-electron chi connectivity index (χ2n) is 19.8. The highest BCUT2D eigenvalue weighted by molar-refractivity contribution is 5.31. The highest BCUT2D eigenvalue weighted by Crippen LogP contribution is 2.38. The molecule has 10 atom stereocenters. The zero-order valence-electron chi connectivity index (χ0n) is 45.1. The number of benzene rings is 8. The van der Waals surface area contributed by atoms with Crippen molar-refractivity contribution in [2.24, 2.45) is 0 Å². The van der Waals surface area contributed by atoms with Gasteiger partial charge in [-0.25, -0.2) is 0 Å². The Bertz CT molecular complexity index is 2950.